The van der Waals surface area contributed by atoms with E-state index in [1.807, 2.05) is 0 Å². The molecule has 0 aromatic heterocycles. The summed E-state index contributed by atoms with van der Waals surface area (Å²) in [7, 11) is 0. The molecule has 0 aliphatic carbocycles. The van der Waals surface area contributed by atoms with Gasteiger partial charge in [0, 0.05) is 38.8 Å². The second-order valence-electron chi connectivity index (χ2n) is 6.32. The Hall–Kier alpha value is -0.770. The Morgan fingerprint density at radius 1 is 0.737 bits per heavy atom. The lowest BCUT2D eigenvalue weighted by Gasteiger charge is -2.31. The van der Waals surface area contributed by atoms with E-state index < -0.39 is 0 Å². The number of amides is 2. The summed E-state index contributed by atoms with van der Waals surface area (Å²) in [4.78, 5) is 19.5. The number of fused-ring (bicyclic) bond motifs is 1. The zero-order chi connectivity index (χ0) is 13.1. The van der Waals surface area contributed by atoms with Crippen LogP contribution >= 0.6 is 0 Å². The first-order valence-electron chi connectivity index (χ1n) is 8.12. The zero-order valence-electron chi connectivity index (χ0n) is 12.0. The summed E-state index contributed by atoms with van der Waals surface area (Å²) in [6, 6.07) is 0.953. The number of hydrogen-bond acceptors (Lipinski definition) is 2. The van der Waals surface area contributed by atoms with E-state index in [1.54, 1.807) is 0 Å². The molecule has 3 fully saturated rings. The van der Waals surface area contributed by atoms with Crippen LogP contribution in [0.2, 0.25) is 0 Å². The molecule has 0 bridgehead atoms. The number of likely N-dealkylation sites (tertiary alicyclic amines) is 1. The van der Waals surface area contributed by atoms with Gasteiger partial charge >= 0.3 is 6.03 Å². The van der Waals surface area contributed by atoms with Crippen molar-refractivity contribution in [1.29, 1.82) is 0 Å². The van der Waals surface area contributed by atoms with Gasteiger partial charge in [0.25, 0.3) is 0 Å². The summed E-state index contributed by atoms with van der Waals surface area (Å²) in [6.07, 6.45) is 8.71. The van der Waals surface area contributed by atoms with Crippen LogP contribution in [0.5, 0.6) is 0 Å². The molecule has 0 spiro atoms. The van der Waals surface area contributed by atoms with Gasteiger partial charge in [-0.15, -0.1) is 0 Å². The minimum atomic E-state index is 0.315. The van der Waals surface area contributed by atoms with Gasteiger partial charge in [-0.25, -0.2) is 4.79 Å². The molecule has 2 amide bonds. The van der Waals surface area contributed by atoms with Gasteiger partial charge in [-0.1, -0.05) is 12.8 Å². The first-order valence-corrected chi connectivity index (χ1v) is 8.12. The summed E-state index contributed by atoms with van der Waals surface area (Å²) in [5.74, 6) is 0. The van der Waals surface area contributed by atoms with E-state index in [1.165, 1.54) is 51.6 Å². The molecule has 0 aromatic carbocycles. The van der Waals surface area contributed by atoms with Crippen LogP contribution in [0.3, 0.4) is 0 Å². The van der Waals surface area contributed by atoms with Gasteiger partial charge in [0.2, 0.25) is 0 Å². The second kappa shape index (κ2) is 6.12. The van der Waals surface area contributed by atoms with Gasteiger partial charge in [-0.2, -0.15) is 0 Å². The van der Waals surface area contributed by atoms with Crippen molar-refractivity contribution in [3.8, 4) is 0 Å². The molecule has 1 unspecified atom stereocenters. The lowest BCUT2D eigenvalue weighted by molar-refractivity contribution is 0.149. The fraction of sp³-hybridized carbons (Fsp3) is 0.933. The summed E-state index contributed by atoms with van der Waals surface area (Å²) in [5.41, 5.74) is 0. The summed E-state index contributed by atoms with van der Waals surface area (Å²) < 4.78 is 0. The number of hydrogen-bond donors (Lipinski definition) is 0. The first kappa shape index (κ1) is 13.2. The predicted molar refractivity (Wildman–Crippen MR) is 76.2 cm³/mol. The highest BCUT2D eigenvalue weighted by atomic mass is 16.2. The minimum absolute atomic E-state index is 0.315. The quantitative estimate of drug-likeness (QED) is 0.671. The monoisotopic (exact) mass is 265 g/mol. The Bertz CT molecular complexity index is 313. The Morgan fingerprint density at radius 3 is 2.21 bits per heavy atom. The third-order valence-electron chi connectivity index (χ3n) is 4.95. The Balaban J connectivity index is 1.61. The van der Waals surface area contributed by atoms with Crippen molar-refractivity contribution >= 4 is 6.03 Å². The van der Waals surface area contributed by atoms with Crippen LogP contribution in [-0.2, 0) is 0 Å². The number of urea groups is 1. The van der Waals surface area contributed by atoms with Crippen LogP contribution in [-0.4, -0.2) is 66.0 Å². The molecule has 3 heterocycles. The highest BCUT2D eigenvalue weighted by Gasteiger charge is 2.32. The van der Waals surface area contributed by atoms with Gasteiger partial charge in [0.15, 0.2) is 0 Å². The Kier molecular flexibility index (Phi) is 4.26. The molecular formula is C15H27N3O. The van der Waals surface area contributed by atoms with Gasteiger partial charge in [-0.3, -0.25) is 4.90 Å². The SMILES string of the molecule is O=C(N1CCCCCC1)N1CCCN2CCCC2C1. The maximum atomic E-state index is 12.7. The molecule has 0 N–H and O–H groups in total. The molecule has 4 nitrogen and oxygen atoms in total. The third kappa shape index (κ3) is 3.04. The molecule has 108 valence electrons. The first-order chi connectivity index (χ1) is 9.34. The lowest BCUT2D eigenvalue weighted by Crippen LogP contribution is -2.47. The summed E-state index contributed by atoms with van der Waals surface area (Å²) in [5, 5.41) is 0. The fourth-order valence-corrected chi connectivity index (χ4v) is 3.84. The molecule has 3 aliphatic rings. The average Bonchev–Trinajstić information content (AvgIpc) is 2.66. The van der Waals surface area contributed by atoms with E-state index in [0.29, 0.717) is 12.1 Å². The number of carbonyl (C=O) groups excluding carboxylic acids is 1. The highest BCUT2D eigenvalue weighted by molar-refractivity contribution is 5.74. The van der Waals surface area contributed by atoms with Crippen LogP contribution in [0.1, 0.15) is 44.9 Å². The van der Waals surface area contributed by atoms with Gasteiger partial charge in [0.1, 0.15) is 0 Å². The third-order valence-corrected chi connectivity index (χ3v) is 4.95. The van der Waals surface area contributed by atoms with Crippen molar-refractivity contribution in [2.24, 2.45) is 0 Å². The molecule has 3 aliphatic heterocycles. The zero-order valence-corrected chi connectivity index (χ0v) is 12.0. The number of rotatable bonds is 0. The van der Waals surface area contributed by atoms with E-state index in [2.05, 4.69) is 14.7 Å². The van der Waals surface area contributed by atoms with E-state index in [-0.39, 0.29) is 0 Å². The van der Waals surface area contributed by atoms with Gasteiger partial charge < -0.3 is 9.80 Å². The van der Waals surface area contributed by atoms with Crippen molar-refractivity contribution in [3.05, 3.63) is 0 Å². The van der Waals surface area contributed by atoms with Crippen molar-refractivity contribution in [2.75, 3.05) is 39.3 Å². The van der Waals surface area contributed by atoms with Crippen molar-refractivity contribution in [1.82, 2.24) is 14.7 Å². The standard InChI is InChI=1S/C15H27N3O/c19-15(17-8-3-1-2-4-9-17)18-12-6-11-16-10-5-7-14(16)13-18/h14H,1-13H2. The fourth-order valence-electron chi connectivity index (χ4n) is 3.84. The highest BCUT2D eigenvalue weighted by Crippen LogP contribution is 2.22. The number of nitrogens with zero attached hydrogens (tertiary/aromatic N) is 3. The predicted octanol–water partition coefficient (Wildman–Crippen LogP) is 2.15. The summed E-state index contributed by atoms with van der Waals surface area (Å²) >= 11 is 0. The molecule has 1 atom stereocenters. The Morgan fingerprint density at radius 2 is 1.42 bits per heavy atom. The van der Waals surface area contributed by atoms with Crippen molar-refractivity contribution in [2.45, 2.75) is 51.0 Å². The van der Waals surface area contributed by atoms with E-state index in [9.17, 15) is 4.79 Å². The maximum absolute atomic E-state index is 12.7. The molecule has 0 aromatic rings. The van der Waals surface area contributed by atoms with Gasteiger partial charge in [-0.05, 0) is 38.6 Å². The van der Waals surface area contributed by atoms with Crippen LogP contribution in [0.15, 0.2) is 0 Å². The number of carbonyl (C=O) groups is 1. The Labute approximate surface area is 116 Å². The van der Waals surface area contributed by atoms with E-state index in [4.69, 9.17) is 0 Å². The molecule has 4 heteroatoms. The smallest absolute Gasteiger partial charge is 0.320 e. The molecular weight excluding hydrogens is 238 g/mol. The normalized spacial score (nSPS) is 29.8. The molecule has 19 heavy (non-hydrogen) atoms. The van der Waals surface area contributed by atoms with Crippen molar-refractivity contribution < 1.29 is 4.79 Å². The minimum Gasteiger partial charge on any atom is -0.325 e. The average molecular weight is 265 g/mol. The van der Waals surface area contributed by atoms with Crippen LogP contribution in [0.4, 0.5) is 4.79 Å². The largest absolute Gasteiger partial charge is 0.325 e. The maximum Gasteiger partial charge on any atom is 0.320 e. The second-order valence-corrected chi connectivity index (χ2v) is 6.32. The van der Waals surface area contributed by atoms with Gasteiger partial charge in [0.05, 0.1) is 0 Å². The van der Waals surface area contributed by atoms with E-state index in [0.717, 1.165) is 32.6 Å². The van der Waals surface area contributed by atoms with Crippen LogP contribution in [0.25, 0.3) is 0 Å². The van der Waals surface area contributed by atoms with E-state index >= 15 is 0 Å². The van der Waals surface area contributed by atoms with Crippen molar-refractivity contribution in [3.63, 3.8) is 0 Å². The molecule has 0 saturated carbocycles. The molecule has 3 rings (SSSR count). The molecule has 0 radical (unpaired) electrons. The van der Waals surface area contributed by atoms with Crippen LogP contribution < -0.4 is 0 Å². The summed E-state index contributed by atoms with van der Waals surface area (Å²) in [6.45, 7) is 6.32. The topological polar surface area (TPSA) is 26.8 Å². The lowest BCUT2D eigenvalue weighted by atomic mass is 10.2. The molecule has 3 saturated heterocycles. The van der Waals surface area contributed by atoms with Crippen LogP contribution in [0, 0.1) is 0 Å².